The fraction of sp³-hybridized carbons (Fsp3) is 0.933. The molecule has 0 aromatic carbocycles. The van der Waals surface area contributed by atoms with E-state index in [9.17, 15) is 4.79 Å². The van der Waals surface area contributed by atoms with Crippen molar-refractivity contribution < 1.29 is 9.53 Å². The largest absolute Gasteiger partial charge is 0.461 e. The number of hydrogen-bond acceptors (Lipinski definition) is 4. The molecule has 21 heavy (non-hydrogen) atoms. The third-order valence-corrected chi connectivity index (χ3v) is 4.07. The van der Waals surface area contributed by atoms with Crippen LogP contribution < -0.4 is 10.6 Å². The molecule has 4 nitrogen and oxygen atoms in total. The number of hydrogen-bond donors (Lipinski definition) is 2. The molecule has 6 heteroatoms. The number of nitrogens with one attached hydrogen (secondary N) is 2. The van der Waals surface area contributed by atoms with Gasteiger partial charge in [-0.25, -0.2) is 0 Å². The van der Waals surface area contributed by atoms with Crippen LogP contribution in [0.1, 0.15) is 52.4 Å². The zero-order chi connectivity index (χ0) is 13.7. The van der Waals surface area contributed by atoms with Crippen LogP contribution in [0.2, 0.25) is 0 Å². The predicted octanol–water partition coefficient (Wildman–Crippen LogP) is 2.68. The summed E-state index contributed by atoms with van der Waals surface area (Å²) in [4.78, 5) is 12.3. The second-order valence-electron chi connectivity index (χ2n) is 6.38. The molecule has 1 saturated carbocycles. The highest BCUT2D eigenvalue weighted by Crippen LogP contribution is 2.22. The molecule has 1 aliphatic heterocycles. The van der Waals surface area contributed by atoms with Crippen LogP contribution in [0, 0.1) is 5.92 Å². The maximum absolute atomic E-state index is 12.3. The molecule has 1 unspecified atom stereocenters. The molecule has 2 atom stereocenters. The van der Waals surface area contributed by atoms with Crippen LogP contribution in [-0.4, -0.2) is 37.2 Å². The lowest BCUT2D eigenvalue weighted by Gasteiger charge is -2.24. The number of rotatable bonds is 6. The summed E-state index contributed by atoms with van der Waals surface area (Å²) in [7, 11) is 0. The Morgan fingerprint density at radius 2 is 1.90 bits per heavy atom. The Labute approximate surface area is 141 Å². The third kappa shape index (κ3) is 7.18. The van der Waals surface area contributed by atoms with Crippen molar-refractivity contribution in [2.75, 3.05) is 13.1 Å². The van der Waals surface area contributed by atoms with Crippen molar-refractivity contribution >= 4 is 30.8 Å². The number of esters is 1. The zero-order valence-electron chi connectivity index (χ0n) is 13.1. The van der Waals surface area contributed by atoms with Gasteiger partial charge in [0.25, 0.3) is 0 Å². The Kier molecular flexibility index (Phi) is 10.6. The van der Waals surface area contributed by atoms with E-state index in [0.717, 1.165) is 38.8 Å². The predicted molar refractivity (Wildman–Crippen MR) is 90.5 cm³/mol. The van der Waals surface area contributed by atoms with Crippen molar-refractivity contribution in [3.05, 3.63) is 0 Å². The van der Waals surface area contributed by atoms with E-state index in [1.54, 1.807) is 0 Å². The molecule has 2 rings (SSSR count). The van der Waals surface area contributed by atoms with E-state index in [1.165, 1.54) is 12.8 Å². The zero-order valence-corrected chi connectivity index (χ0v) is 14.7. The molecule has 126 valence electrons. The van der Waals surface area contributed by atoms with Gasteiger partial charge in [-0.1, -0.05) is 13.8 Å². The summed E-state index contributed by atoms with van der Waals surface area (Å²) in [5.74, 6) is 0.468. The van der Waals surface area contributed by atoms with Gasteiger partial charge in [0.05, 0.1) is 0 Å². The Morgan fingerprint density at radius 1 is 1.24 bits per heavy atom. The molecule has 0 bridgehead atoms. The van der Waals surface area contributed by atoms with Crippen LogP contribution in [0.3, 0.4) is 0 Å². The molecule has 1 heterocycles. The Morgan fingerprint density at radius 3 is 2.43 bits per heavy atom. The van der Waals surface area contributed by atoms with Crippen LogP contribution in [0.4, 0.5) is 0 Å². The van der Waals surface area contributed by atoms with Crippen molar-refractivity contribution in [3.63, 3.8) is 0 Å². The standard InChI is InChI=1S/C15H28N2O2.2ClH/c1-11(2)9-14(17-12-7-8-16-10-12)15(18)19-13-5-3-4-6-13;;/h11-14,16-17H,3-10H2,1-2H3;2*1H/t12?,14-;;/m1../s1. The minimum absolute atomic E-state index is 0. The summed E-state index contributed by atoms with van der Waals surface area (Å²) >= 11 is 0. The first-order valence-electron chi connectivity index (χ1n) is 7.82. The van der Waals surface area contributed by atoms with Gasteiger partial charge in [-0.2, -0.15) is 0 Å². The lowest BCUT2D eigenvalue weighted by atomic mass is 10.0. The van der Waals surface area contributed by atoms with Gasteiger partial charge in [-0.05, 0) is 51.0 Å². The van der Waals surface area contributed by atoms with Gasteiger partial charge < -0.3 is 15.4 Å². The highest BCUT2D eigenvalue weighted by molar-refractivity contribution is 5.85. The third-order valence-electron chi connectivity index (χ3n) is 4.07. The van der Waals surface area contributed by atoms with Gasteiger partial charge in [-0.15, -0.1) is 24.8 Å². The molecule has 0 spiro atoms. The lowest BCUT2D eigenvalue weighted by Crippen LogP contribution is -2.46. The van der Waals surface area contributed by atoms with Crippen molar-refractivity contribution in [2.24, 2.45) is 5.92 Å². The molecule has 0 aromatic heterocycles. The molecule has 0 amide bonds. The lowest BCUT2D eigenvalue weighted by molar-refractivity contribution is -0.152. The Balaban J connectivity index is 0.00000200. The molecule has 2 N–H and O–H groups in total. The maximum atomic E-state index is 12.3. The second-order valence-corrected chi connectivity index (χ2v) is 6.38. The summed E-state index contributed by atoms with van der Waals surface area (Å²) in [5.41, 5.74) is 0. The van der Waals surface area contributed by atoms with Crippen molar-refractivity contribution in [2.45, 2.75) is 70.6 Å². The Bertz CT molecular complexity index is 291. The van der Waals surface area contributed by atoms with E-state index < -0.39 is 0 Å². The SMILES string of the molecule is CC(C)C[C@@H](NC1CCNC1)C(=O)OC1CCCC1.Cl.Cl. The number of carbonyl (C=O) groups excluding carboxylic acids is 1. The molecular formula is C15H30Cl2N2O2. The van der Waals surface area contributed by atoms with Gasteiger partial charge >= 0.3 is 5.97 Å². The van der Waals surface area contributed by atoms with E-state index in [4.69, 9.17) is 4.74 Å². The highest BCUT2D eigenvalue weighted by Gasteiger charge is 2.28. The molecule has 2 fully saturated rings. The van der Waals surface area contributed by atoms with Gasteiger partial charge in [-0.3, -0.25) is 4.79 Å². The molecule has 1 aliphatic carbocycles. The number of ether oxygens (including phenoxy) is 1. The van der Waals surface area contributed by atoms with E-state index in [0.29, 0.717) is 12.0 Å². The number of carbonyl (C=O) groups is 1. The van der Waals surface area contributed by atoms with Crippen molar-refractivity contribution in [3.8, 4) is 0 Å². The van der Waals surface area contributed by atoms with Crippen molar-refractivity contribution in [1.29, 1.82) is 0 Å². The summed E-state index contributed by atoms with van der Waals surface area (Å²) in [6, 6.07) is 0.283. The molecule has 0 aromatic rings. The van der Waals surface area contributed by atoms with Crippen LogP contribution in [-0.2, 0) is 9.53 Å². The molecule has 2 aliphatic rings. The average molecular weight is 341 g/mol. The topological polar surface area (TPSA) is 50.4 Å². The van der Waals surface area contributed by atoms with Gasteiger partial charge in [0.1, 0.15) is 12.1 Å². The van der Waals surface area contributed by atoms with E-state index >= 15 is 0 Å². The van der Waals surface area contributed by atoms with Gasteiger partial charge in [0, 0.05) is 12.6 Å². The molecular weight excluding hydrogens is 311 g/mol. The van der Waals surface area contributed by atoms with Gasteiger partial charge in [0.15, 0.2) is 0 Å². The summed E-state index contributed by atoms with van der Waals surface area (Å²) in [6.45, 7) is 6.32. The first kappa shape index (κ1) is 21.0. The fourth-order valence-electron chi connectivity index (χ4n) is 3.04. The van der Waals surface area contributed by atoms with Crippen LogP contribution >= 0.6 is 24.8 Å². The summed E-state index contributed by atoms with van der Waals surface area (Å²) in [5, 5.41) is 6.81. The summed E-state index contributed by atoms with van der Waals surface area (Å²) < 4.78 is 5.66. The van der Waals surface area contributed by atoms with E-state index in [-0.39, 0.29) is 42.9 Å². The smallest absolute Gasteiger partial charge is 0.323 e. The first-order valence-corrected chi connectivity index (χ1v) is 7.82. The average Bonchev–Trinajstić information content (AvgIpc) is 3.00. The number of halogens is 2. The molecule has 0 radical (unpaired) electrons. The minimum Gasteiger partial charge on any atom is -0.461 e. The minimum atomic E-state index is -0.134. The van der Waals surface area contributed by atoms with E-state index in [1.807, 2.05) is 0 Å². The fourth-order valence-corrected chi connectivity index (χ4v) is 3.04. The second kappa shape index (κ2) is 10.7. The molecule has 1 saturated heterocycles. The van der Waals surface area contributed by atoms with Gasteiger partial charge in [0.2, 0.25) is 0 Å². The highest BCUT2D eigenvalue weighted by atomic mass is 35.5. The quantitative estimate of drug-likeness (QED) is 0.730. The van der Waals surface area contributed by atoms with Crippen LogP contribution in [0.5, 0.6) is 0 Å². The van der Waals surface area contributed by atoms with Crippen molar-refractivity contribution in [1.82, 2.24) is 10.6 Å². The van der Waals surface area contributed by atoms with Crippen LogP contribution in [0.15, 0.2) is 0 Å². The van der Waals surface area contributed by atoms with E-state index in [2.05, 4.69) is 24.5 Å². The normalized spacial score (nSPS) is 23.5. The first-order chi connectivity index (χ1) is 9.15. The summed E-state index contributed by atoms with van der Waals surface area (Å²) in [6.07, 6.45) is 6.63. The monoisotopic (exact) mass is 340 g/mol. The van der Waals surface area contributed by atoms with Crippen LogP contribution in [0.25, 0.3) is 0 Å². The Hall–Kier alpha value is -0.0300. The maximum Gasteiger partial charge on any atom is 0.323 e.